The molecule has 2 aliphatic heterocycles. The van der Waals surface area contributed by atoms with Crippen LogP contribution in [0.25, 0.3) is 5.57 Å². The normalized spacial score (nSPS) is 18.2. The molecule has 2 aliphatic rings. The average Bonchev–Trinajstić information content (AvgIpc) is 2.96. The molecule has 4 rings (SSSR count). The van der Waals surface area contributed by atoms with Crippen LogP contribution in [-0.2, 0) is 16.1 Å². The molecule has 150 valence electrons. The van der Waals surface area contributed by atoms with Crippen molar-refractivity contribution in [3.63, 3.8) is 0 Å². The fourth-order valence-corrected chi connectivity index (χ4v) is 3.84. The van der Waals surface area contributed by atoms with Gasteiger partial charge in [-0.3, -0.25) is 19.5 Å². The summed E-state index contributed by atoms with van der Waals surface area (Å²) >= 11 is 0. The lowest BCUT2D eigenvalue weighted by atomic mass is 9.99. The molecule has 1 aromatic carbocycles. The Morgan fingerprint density at radius 3 is 2.34 bits per heavy atom. The zero-order valence-corrected chi connectivity index (χ0v) is 17.2. The number of imide groups is 1. The molecule has 1 aromatic heterocycles. The smallest absolute Gasteiger partial charge is 0.278 e. The number of benzene rings is 1. The average molecular weight is 390 g/mol. The first-order valence-corrected chi connectivity index (χ1v) is 9.97. The molecule has 0 aliphatic carbocycles. The molecule has 29 heavy (non-hydrogen) atoms. The predicted molar refractivity (Wildman–Crippen MR) is 112 cm³/mol. The van der Waals surface area contributed by atoms with Crippen LogP contribution in [0, 0.1) is 13.8 Å². The first-order chi connectivity index (χ1) is 14.0. The van der Waals surface area contributed by atoms with E-state index in [1.54, 1.807) is 6.20 Å². The molecule has 2 amide bonds. The summed E-state index contributed by atoms with van der Waals surface area (Å²) in [7, 11) is 2.07. The van der Waals surface area contributed by atoms with E-state index in [1.807, 2.05) is 50.2 Å². The maximum Gasteiger partial charge on any atom is 0.278 e. The second-order valence-corrected chi connectivity index (χ2v) is 7.83. The number of hydrogen-bond acceptors (Lipinski definition) is 5. The Balaban J connectivity index is 1.75. The number of aryl methyl sites for hydroxylation is 2. The third-order valence-corrected chi connectivity index (χ3v) is 5.80. The summed E-state index contributed by atoms with van der Waals surface area (Å²) < 4.78 is 0. The van der Waals surface area contributed by atoms with Crippen molar-refractivity contribution in [2.75, 3.05) is 33.2 Å². The molecule has 1 fully saturated rings. The monoisotopic (exact) mass is 390 g/mol. The number of rotatable bonds is 4. The van der Waals surface area contributed by atoms with Crippen LogP contribution in [0.3, 0.4) is 0 Å². The van der Waals surface area contributed by atoms with Crippen molar-refractivity contribution >= 4 is 17.4 Å². The Morgan fingerprint density at radius 2 is 1.69 bits per heavy atom. The third-order valence-electron chi connectivity index (χ3n) is 5.80. The van der Waals surface area contributed by atoms with Crippen molar-refractivity contribution in [1.29, 1.82) is 0 Å². The number of pyridine rings is 1. The van der Waals surface area contributed by atoms with Gasteiger partial charge in [-0.25, -0.2) is 0 Å². The maximum absolute atomic E-state index is 13.4. The summed E-state index contributed by atoms with van der Waals surface area (Å²) in [6, 6.07) is 11.5. The number of carbonyl (C=O) groups excluding carboxylic acids is 2. The highest BCUT2D eigenvalue weighted by atomic mass is 16.2. The van der Waals surface area contributed by atoms with Crippen LogP contribution >= 0.6 is 0 Å². The first-order valence-electron chi connectivity index (χ1n) is 9.97. The van der Waals surface area contributed by atoms with Crippen molar-refractivity contribution < 1.29 is 9.59 Å². The number of aromatic nitrogens is 1. The van der Waals surface area contributed by atoms with Crippen molar-refractivity contribution in [2.45, 2.75) is 20.4 Å². The Hall–Kier alpha value is -2.99. The van der Waals surface area contributed by atoms with Crippen LogP contribution in [0.2, 0.25) is 0 Å². The van der Waals surface area contributed by atoms with E-state index < -0.39 is 0 Å². The summed E-state index contributed by atoms with van der Waals surface area (Å²) in [6.07, 6.45) is 1.68. The van der Waals surface area contributed by atoms with Gasteiger partial charge in [-0.05, 0) is 49.7 Å². The van der Waals surface area contributed by atoms with Crippen molar-refractivity contribution in [3.05, 3.63) is 70.7 Å². The minimum Gasteiger partial charge on any atom is -0.364 e. The molecule has 0 radical (unpaired) electrons. The third kappa shape index (κ3) is 3.68. The second-order valence-electron chi connectivity index (χ2n) is 7.83. The van der Waals surface area contributed by atoms with E-state index in [0.717, 1.165) is 42.9 Å². The van der Waals surface area contributed by atoms with Crippen LogP contribution in [0.5, 0.6) is 0 Å². The predicted octanol–water partition coefficient (Wildman–Crippen LogP) is 2.23. The molecular formula is C23H26N4O2. The quantitative estimate of drug-likeness (QED) is 0.750. The van der Waals surface area contributed by atoms with Crippen molar-refractivity contribution in [2.24, 2.45) is 0 Å². The molecule has 6 nitrogen and oxygen atoms in total. The summed E-state index contributed by atoms with van der Waals surface area (Å²) in [5.74, 6) is -0.462. The molecule has 3 heterocycles. The van der Waals surface area contributed by atoms with E-state index >= 15 is 0 Å². The molecular weight excluding hydrogens is 364 g/mol. The van der Waals surface area contributed by atoms with Gasteiger partial charge in [0.25, 0.3) is 11.8 Å². The highest BCUT2D eigenvalue weighted by molar-refractivity contribution is 6.35. The summed E-state index contributed by atoms with van der Waals surface area (Å²) in [5, 5.41) is 0. The fraction of sp³-hybridized carbons (Fsp3) is 0.348. The fourth-order valence-electron chi connectivity index (χ4n) is 3.84. The van der Waals surface area contributed by atoms with Crippen LogP contribution in [0.1, 0.15) is 22.4 Å². The SMILES string of the molecule is Cc1ccc(C2=C(N3CCN(C)CC3)C(=O)N(Cc3ccccn3)C2=O)cc1C. The van der Waals surface area contributed by atoms with Crippen molar-refractivity contribution in [3.8, 4) is 0 Å². The van der Waals surface area contributed by atoms with Gasteiger partial charge in [0.05, 0.1) is 17.8 Å². The lowest BCUT2D eigenvalue weighted by Crippen LogP contribution is -2.46. The van der Waals surface area contributed by atoms with E-state index in [9.17, 15) is 9.59 Å². The highest BCUT2D eigenvalue weighted by Crippen LogP contribution is 2.33. The van der Waals surface area contributed by atoms with E-state index in [1.165, 1.54) is 4.90 Å². The first kappa shape index (κ1) is 19.3. The Kier molecular flexibility index (Phi) is 5.20. The van der Waals surface area contributed by atoms with E-state index in [-0.39, 0.29) is 18.4 Å². The second kappa shape index (κ2) is 7.79. The minimum atomic E-state index is -0.238. The Morgan fingerprint density at radius 1 is 0.931 bits per heavy atom. The molecule has 0 unspecified atom stereocenters. The molecule has 0 saturated carbocycles. The van der Waals surface area contributed by atoms with E-state index in [0.29, 0.717) is 17.0 Å². The number of piperazine rings is 1. The van der Waals surface area contributed by atoms with Gasteiger partial charge in [0.2, 0.25) is 0 Å². The number of carbonyl (C=O) groups is 2. The summed E-state index contributed by atoms with van der Waals surface area (Å²) in [4.78, 5) is 36.8. The molecule has 0 spiro atoms. The molecule has 1 saturated heterocycles. The summed E-state index contributed by atoms with van der Waals surface area (Å²) in [5.41, 5.74) is 4.83. The van der Waals surface area contributed by atoms with E-state index in [2.05, 4.69) is 21.8 Å². The van der Waals surface area contributed by atoms with Gasteiger partial charge < -0.3 is 9.80 Å². The van der Waals surface area contributed by atoms with Gasteiger partial charge in [0, 0.05) is 32.4 Å². The van der Waals surface area contributed by atoms with Crippen LogP contribution in [0.4, 0.5) is 0 Å². The largest absolute Gasteiger partial charge is 0.364 e. The highest BCUT2D eigenvalue weighted by Gasteiger charge is 2.42. The minimum absolute atomic E-state index is 0.185. The van der Waals surface area contributed by atoms with Gasteiger partial charge in [0.1, 0.15) is 5.70 Å². The lowest BCUT2D eigenvalue weighted by molar-refractivity contribution is -0.138. The number of hydrogen-bond donors (Lipinski definition) is 0. The topological polar surface area (TPSA) is 56.8 Å². The number of likely N-dealkylation sites (N-methyl/N-ethyl adjacent to an activating group) is 1. The van der Waals surface area contributed by atoms with Crippen LogP contribution < -0.4 is 0 Å². The zero-order valence-electron chi connectivity index (χ0n) is 17.2. The van der Waals surface area contributed by atoms with Crippen molar-refractivity contribution in [1.82, 2.24) is 19.7 Å². The van der Waals surface area contributed by atoms with Gasteiger partial charge in [0.15, 0.2) is 0 Å². The van der Waals surface area contributed by atoms with Gasteiger partial charge in [-0.1, -0.05) is 24.3 Å². The van der Waals surface area contributed by atoms with Crippen LogP contribution in [-0.4, -0.2) is 64.7 Å². The number of nitrogens with zero attached hydrogens (tertiary/aromatic N) is 4. The Labute approximate surface area is 171 Å². The molecule has 0 N–H and O–H groups in total. The van der Waals surface area contributed by atoms with Crippen LogP contribution in [0.15, 0.2) is 48.3 Å². The zero-order chi connectivity index (χ0) is 20.5. The van der Waals surface area contributed by atoms with Gasteiger partial charge in [-0.2, -0.15) is 0 Å². The molecule has 2 aromatic rings. The molecule has 6 heteroatoms. The number of amides is 2. The van der Waals surface area contributed by atoms with Gasteiger partial charge in [-0.15, -0.1) is 0 Å². The standard InChI is InChI=1S/C23H26N4O2/c1-16-7-8-18(14-17(16)2)20-21(26-12-10-25(3)11-13-26)23(29)27(22(20)28)15-19-6-4-5-9-24-19/h4-9,14H,10-13,15H2,1-3H3. The van der Waals surface area contributed by atoms with E-state index in [4.69, 9.17) is 0 Å². The lowest BCUT2D eigenvalue weighted by Gasteiger charge is -2.34. The van der Waals surface area contributed by atoms with Gasteiger partial charge >= 0.3 is 0 Å². The maximum atomic E-state index is 13.4. The molecule has 0 bridgehead atoms. The molecule has 0 atom stereocenters. The summed E-state index contributed by atoms with van der Waals surface area (Å²) in [6.45, 7) is 7.46. The Bertz CT molecular complexity index is 976.